The average Bonchev–Trinajstić information content (AvgIpc) is 2.08. The SMILES string of the molecule is O=C(O)O.O=C(O)O.O=C(O)O.O=C(O)O.O=C(O)O.O=C(O)O.[Cu].[Fe].[Zn]. The average molecular weight is 557 g/mol. The Hall–Kier alpha value is -2.72. The topological polar surface area (TPSA) is 345 Å². The molecule has 0 aromatic rings. The fourth-order valence-electron chi connectivity index (χ4n) is 0. The van der Waals surface area contributed by atoms with Crippen molar-refractivity contribution in [3.8, 4) is 0 Å². The summed E-state index contributed by atoms with van der Waals surface area (Å²) in [6.45, 7) is 0. The summed E-state index contributed by atoms with van der Waals surface area (Å²) in [6.07, 6.45) is -11.0. The predicted molar refractivity (Wildman–Crippen MR) is 63.9 cm³/mol. The number of hydrogen-bond acceptors (Lipinski definition) is 6. The smallest absolute Gasteiger partial charge is 0.450 e. The molecule has 12 N–H and O–H groups in total. The van der Waals surface area contributed by atoms with E-state index in [4.69, 9.17) is 90.0 Å². The van der Waals surface area contributed by atoms with Gasteiger partial charge >= 0.3 is 36.9 Å². The van der Waals surface area contributed by atoms with E-state index in [1.807, 2.05) is 0 Å². The Bertz CT molecular complexity index is 269. The molecule has 0 aromatic heterocycles. The van der Waals surface area contributed by atoms with E-state index in [-0.39, 0.29) is 53.6 Å². The molecule has 27 heavy (non-hydrogen) atoms. The summed E-state index contributed by atoms with van der Waals surface area (Å²) in [5.74, 6) is 0. The van der Waals surface area contributed by atoms with Gasteiger partial charge in [-0.25, -0.2) is 28.8 Å². The standard InChI is InChI=1S/6CH2O3.Cu.Fe.Zn/c6*2-1(3)4;;;/h6*(H2,2,3,4);;;. The number of carboxylic acid groups (broad SMARTS) is 12. The zero-order valence-electron chi connectivity index (χ0n) is 12.2. The van der Waals surface area contributed by atoms with E-state index in [1.165, 1.54) is 0 Å². The van der Waals surface area contributed by atoms with Crippen molar-refractivity contribution in [1.29, 1.82) is 0 Å². The Morgan fingerprint density at radius 1 is 0.333 bits per heavy atom. The molecule has 1 radical (unpaired) electrons. The van der Waals surface area contributed by atoms with Crippen molar-refractivity contribution in [2.24, 2.45) is 0 Å². The van der Waals surface area contributed by atoms with Crippen LogP contribution in [-0.2, 0) is 53.6 Å². The molecule has 0 saturated carbocycles. The van der Waals surface area contributed by atoms with Gasteiger partial charge in [0.15, 0.2) is 0 Å². The van der Waals surface area contributed by atoms with Crippen molar-refractivity contribution in [3.63, 3.8) is 0 Å². The molecular weight excluding hydrogens is 545 g/mol. The van der Waals surface area contributed by atoms with Crippen LogP contribution in [0.25, 0.3) is 0 Å². The zero-order valence-corrected chi connectivity index (χ0v) is 17.2. The molecule has 0 fully saturated rings. The third-order valence-corrected chi connectivity index (χ3v) is 0. The normalized spacial score (nSPS) is 5.33. The molecule has 0 aliphatic carbocycles. The van der Waals surface area contributed by atoms with Crippen LogP contribution in [0.15, 0.2) is 0 Å². The third-order valence-electron chi connectivity index (χ3n) is 0. The van der Waals surface area contributed by atoms with Gasteiger partial charge in [-0.1, -0.05) is 0 Å². The second-order valence-corrected chi connectivity index (χ2v) is 1.70. The first kappa shape index (κ1) is 56.4. The van der Waals surface area contributed by atoms with Gasteiger partial charge in [0.25, 0.3) is 0 Å². The van der Waals surface area contributed by atoms with E-state index in [1.54, 1.807) is 0 Å². The van der Waals surface area contributed by atoms with Crippen LogP contribution in [0.2, 0.25) is 0 Å². The van der Waals surface area contributed by atoms with E-state index < -0.39 is 36.9 Å². The molecule has 0 amide bonds. The zero-order chi connectivity index (χ0) is 21.5. The summed E-state index contributed by atoms with van der Waals surface area (Å²) in [5, 5.41) is 83.7. The molecule has 0 rings (SSSR count). The first-order valence-electron chi connectivity index (χ1n) is 3.91. The van der Waals surface area contributed by atoms with E-state index >= 15 is 0 Å². The fourth-order valence-corrected chi connectivity index (χ4v) is 0. The van der Waals surface area contributed by atoms with E-state index in [0.717, 1.165) is 0 Å². The summed E-state index contributed by atoms with van der Waals surface area (Å²) < 4.78 is 0. The molecule has 0 bridgehead atoms. The fraction of sp³-hybridized carbons (Fsp3) is 0. The van der Waals surface area contributed by atoms with Crippen molar-refractivity contribution in [2.75, 3.05) is 0 Å². The Labute approximate surface area is 180 Å². The number of hydrogen-bond donors (Lipinski definition) is 12. The first-order chi connectivity index (χ1) is 10.4. The minimum atomic E-state index is -1.83. The molecule has 165 valence electrons. The second kappa shape index (κ2) is 49.5. The van der Waals surface area contributed by atoms with Crippen molar-refractivity contribution >= 4 is 36.9 Å². The van der Waals surface area contributed by atoms with Crippen LogP contribution in [0.3, 0.4) is 0 Å². The Kier molecular flexibility index (Phi) is 103. The van der Waals surface area contributed by atoms with Gasteiger partial charge in [0.1, 0.15) is 0 Å². The molecule has 18 nitrogen and oxygen atoms in total. The van der Waals surface area contributed by atoms with E-state index in [9.17, 15) is 0 Å². The van der Waals surface area contributed by atoms with Crippen LogP contribution < -0.4 is 0 Å². The van der Waals surface area contributed by atoms with Crippen molar-refractivity contribution < 1.29 is 144 Å². The number of carbonyl (C=O) groups is 6. The van der Waals surface area contributed by atoms with Gasteiger partial charge in [-0.05, 0) is 0 Å². The van der Waals surface area contributed by atoms with Gasteiger partial charge in [-0.3, -0.25) is 0 Å². The van der Waals surface area contributed by atoms with Crippen LogP contribution in [0.4, 0.5) is 28.8 Å². The summed E-state index contributed by atoms with van der Waals surface area (Å²) >= 11 is 0. The number of rotatable bonds is 0. The second-order valence-electron chi connectivity index (χ2n) is 1.70. The molecule has 0 heterocycles. The predicted octanol–water partition coefficient (Wildman–Crippen LogP) is 1.33. The van der Waals surface area contributed by atoms with E-state index in [2.05, 4.69) is 0 Å². The van der Waals surface area contributed by atoms with Crippen LogP contribution in [0.5, 0.6) is 0 Å². The molecule has 0 aromatic carbocycles. The minimum Gasteiger partial charge on any atom is -0.450 e. The van der Waals surface area contributed by atoms with Crippen molar-refractivity contribution in [3.05, 3.63) is 0 Å². The Balaban J connectivity index is -0.0000000201. The molecule has 0 unspecified atom stereocenters. The first-order valence-corrected chi connectivity index (χ1v) is 3.91. The minimum absolute atomic E-state index is 0. The molecule has 0 aliphatic rings. The van der Waals surface area contributed by atoms with Crippen LogP contribution in [-0.4, -0.2) is 98.2 Å². The molecule has 0 aliphatic heterocycles. The quantitative estimate of drug-likeness (QED) is 0.187. The van der Waals surface area contributed by atoms with Gasteiger partial charge in [-0.15, -0.1) is 0 Å². The molecule has 21 heteroatoms. The van der Waals surface area contributed by atoms with Crippen LogP contribution in [0, 0.1) is 0 Å². The molecular formula is C6H12CuFeO18Zn. The maximum atomic E-state index is 8.56. The van der Waals surface area contributed by atoms with Gasteiger partial charge < -0.3 is 61.3 Å². The van der Waals surface area contributed by atoms with Gasteiger partial charge in [0.05, 0.1) is 0 Å². The maximum absolute atomic E-state index is 8.56. The van der Waals surface area contributed by atoms with E-state index in [0.29, 0.717) is 0 Å². The van der Waals surface area contributed by atoms with Crippen molar-refractivity contribution in [1.82, 2.24) is 0 Å². The van der Waals surface area contributed by atoms with Crippen LogP contribution >= 0.6 is 0 Å². The summed E-state index contributed by atoms with van der Waals surface area (Å²) in [4.78, 5) is 51.3. The summed E-state index contributed by atoms with van der Waals surface area (Å²) in [7, 11) is 0. The summed E-state index contributed by atoms with van der Waals surface area (Å²) in [5.41, 5.74) is 0. The maximum Gasteiger partial charge on any atom is 0.503 e. The largest absolute Gasteiger partial charge is 0.503 e. The Morgan fingerprint density at radius 2 is 0.333 bits per heavy atom. The van der Waals surface area contributed by atoms with Gasteiger partial charge in [0, 0.05) is 53.6 Å². The van der Waals surface area contributed by atoms with Gasteiger partial charge in [0.2, 0.25) is 0 Å². The molecule has 0 spiro atoms. The van der Waals surface area contributed by atoms with Crippen LogP contribution in [0.1, 0.15) is 0 Å². The Morgan fingerprint density at radius 3 is 0.333 bits per heavy atom. The van der Waals surface area contributed by atoms with Crippen molar-refractivity contribution in [2.45, 2.75) is 0 Å². The third kappa shape index (κ3) is 1430. The monoisotopic (exact) mass is 555 g/mol. The van der Waals surface area contributed by atoms with Gasteiger partial charge in [-0.2, -0.15) is 0 Å². The summed E-state index contributed by atoms with van der Waals surface area (Å²) in [6, 6.07) is 0. The molecule has 0 saturated heterocycles. The molecule has 0 atom stereocenters.